The first-order valence-corrected chi connectivity index (χ1v) is 7.49. The molecule has 23 heavy (non-hydrogen) atoms. The van der Waals surface area contributed by atoms with Crippen LogP contribution in [0.25, 0.3) is 11.4 Å². The number of carbonyl (C=O) groups is 1. The Hall–Kier alpha value is -2.64. The lowest BCUT2D eigenvalue weighted by Crippen LogP contribution is -2.39. The molecule has 1 aliphatic carbocycles. The Morgan fingerprint density at radius 3 is 2.70 bits per heavy atom. The predicted molar refractivity (Wildman–Crippen MR) is 82.4 cm³/mol. The van der Waals surface area contributed by atoms with E-state index in [1.54, 1.807) is 19.2 Å². The van der Waals surface area contributed by atoms with Gasteiger partial charge in [0.15, 0.2) is 5.82 Å². The SMILES string of the molecule is Cn1c(-c2ccc(F)cc2)nn(CCNC(=O)NC2CC2)c1=O. The van der Waals surface area contributed by atoms with Gasteiger partial charge in [-0.1, -0.05) is 0 Å². The summed E-state index contributed by atoms with van der Waals surface area (Å²) in [7, 11) is 1.61. The Bertz CT molecular complexity index is 761. The number of nitrogens with one attached hydrogen (secondary N) is 2. The molecule has 2 aromatic rings. The fourth-order valence-electron chi connectivity index (χ4n) is 2.22. The van der Waals surface area contributed by atoms with Crippen LogP contribution >= 0.6 is 0 Å². The van der Waals surface area contributed by atoms with Crippen LogP contribution in [0.15, 0.2) is 29.1 Å². The third-order valence-electron chi connectivity index (χ3n) is 3.67. The van der Waals surface area contributed by atoms with Crippen LogP contribution in [0.3, 0.4) is 0 Å². The lowest BCUT2D eigenvalue weighted by Gasteiger charge is -2.05. The van der Waals surface area contributed by atoms with Gasteiger partial charge in [0.2, 0.25) is 0 Å². The van der Waals surface area contributed by atoms with Crippen molar-refractivity contribution in [2.24, 2.45) is 7.05 Å². The van der Waals surface area contributed by atoms with Gasteiger partial charge >= 0.3 is 11.7 Å². The average molecular weight is 319 g/mol. The number of urea groups is 1. The number of hydrogen-bond acceptors (Lipinski definition) is 3. The largest absolute Gasteiger partial charge is 0.345 e. The van der Waals surface area contributed by atoms with Crippen LogP contribution in [-0.4, -0.2) is 33.0 Å². The summed E-state index contributed by atoms with van der Waals surface area (Å²) in [6.07, 6.45) is 2.04. The molecule has 122 valence electrons. The van der Waals surface area contributed by atoms with Crippen LogP contribution in [0.4, 0.5) is 9.18 Å². The molecule has 7 nitrogen and oxygen atoms in total. The van der Waals surface area contributed by atoms with Gasteiger partial charge in [0.05, 0.1) is 6.54 Å². The lowest BCUT2D eigenvalue weighted by molar-refractivity contribution is 0.240. The zero-order valence-corrected chi connectivity index (χ0v) is 12.8. The molecule has 2 N–H and O–H groups in total. The molecule has 1 heterocycles. The van der Waals surface area contributed by atoms with E-state index in [4.69, 9.17) is 0 Å². The van der Waals surface area contributed by atoms with Gasteiger partial charge in [-0.3, -0.25) is 4.57 Å². The maximum absolute atomic E-state index is 13.0. The molecule has 1 aromatic heterocycles. The van der Waals surface area contributed by atoms with Gasteiger partial charge in [-0.15, -0.1) is 5.10 Å². The minimum absolute atomic E-state index is 0.227. The summed E-state index contributed by atoms with van der Waals surface area (Å²) < 4.78 is 15.7. The van der Waals surface area contributed by atoms with Gasteiger partial charge in [-0.2, -0.15) is 0 Å². The first-order valence-electron chi connectivity index (χ1n) is 7.49. The van der Waals surface area contributed by atoms with E-state index >= 15 is 0 Å². The van der Waals surface area contributed by atoms with Crippen molar-refractivity contribution in [3.63, 3.8) is 0 Å². The summed E-state index contributed by atoms with van der Waals surface area (Å²) in [4.78, 5) is 23.7. The van der Waals surface area contributed by atoms with Crippen molar-refractivity contribution in [1.29, 1.82) is 0 Å². The first kappa shape index (κ1) is 15.3. The Balaban J connectivity index is 1.66. The number of benzene rings is 1. The maximum atomic E-state index is 13.0. The summed E-state index contributed by atoms with van der Waals surface area (Å²) >= 11 is 0. The summed E-state index contributed by atoms with van der Waals surface area (Å²) in [5, 5.41) is 9.75. The number of halogens is 1. The van der Waals surface area contributed by atoms with E-state index in [-0.39, 0.29) is 30.1 Å². The second-order valence-corrected chi connectivity index (χ2v) is 5.57. The smallest absolute Gasteiger partial charge is 0.336 e. The Kier molecular flexibility index (Phi) is 4.14. The summed E-state index contributed by atoms with van der Waals surface area (Å²) in [6, 6.07) is 5.85. The highest BCUT2D eigenvalue weighted by molar-refractivity contribution is 5.74. The van der Waals surface area contributed by atoms with Crippen LogP contribution in [0.1, 0.15) is 12.8 Å². The van der Waals surface area contributed by atoms with E-state index in [0.29, 0.717) is 17.9 Å². The number of rotatable bonds is 5. The topological polar surface area (TPSA) is 81.0 Å². The van der Waals surface area contributed by atoms with Crippen LogP contribution in [-0.2, 0) is 13.6 Å². The zero-order valence-electron chi connectivity index (χ0n) is 12.8. The van der Waals surface area contributed by atoms with Crippen molar-refractivity contribution >= 4 is 6.03 Å². The molecule has 0 radical (unpaired) electrons. The fraction of sp³-hybridized carbons (Fsp3) is 0.400. The molecule has 0 saturated heterocycles. The molecular formula is C15H18FN5O2. The van der Waals surface area contributed by atoms with E-state index < -0.39 is 0 Å². The highest BCUT2D eigenvalue weighted by Gasteiger charge is 2.22. The molecule has 2 amide bonds. The van der Waals surface area contributed by atoms with Gasteiger partial charge in [0.1, 0.15) is 5.82 Å². The lowest BCUT2D eigenvalue weighted by atomic mass is 10.2. The number of hydrogen-bond donors (Lipinski definition) is 2. The molecule has 1 fully saturated rings. The average Bonchev–Trinajstić information content (AvgIpc) is 3.29. The summed E-state index contributed by atoms with van der Waals surface area (Å²) in [5.74, 6) is 0.112. The van der Waals surface area contributed by atoms with Crippen molar-refractivity contribution < 1.29 is 9.18 Å². The molecule has 0 unspecified atom stereocenters. The highest BCUT2D eigenvalue weighted by atomic mass is 19.1. The molecule has 3 rings (SSSR count). The normalized spacial score (nSPS) is 13.8. The van der Waals surface area contributed by atoms with Crippen molar-refractivity contribution in [1.82, 2.24) is 25.0 Å². The molecule has 0 aliphatic heterocycles. The van der Waals surface area contributed by atoms with E-state index in [2.05, 4.69) is 15.7 Å². The fourth-order valence-corrected chi connectivity index (χ4v) is 2.22. The Morgan fingerprint density at radius 1 is 1.35 bits per heavy atom. The highest BCUT2D eigenvalue weighted by Crippen LogP contribution is 2.18. The van der Waals surface area contributed by atoms with Gasteiger partial charge in [0, 0.05) is 25.2 Å². The molecule has 0 atom stereocenters. The van der Waals surface area contributed by atoms with E-state index in [9.17, 15) is 14.0 Å². The first-order chi connectivity index (χ1) is 11.0. The number of carbonyl (C=O) groups excluding carboxylic acids is 1. The molecule has 0 bridgehead atoms. The number of nitrogens with zero attached hydrogens (tertiary/aromatic N) is 3. The second-order valence-electron chi connectivity index (χ2n) is 5.57. The van der Waals surface area contributed by atoms with Crippen LogP contribution < -0.4 is 16.3 Å². The zero-order chi connectivity index (χ0) is 16.4. The van der Waals surface area contributed by atoms with Crippen molar-refractivity contribution in [2.45, 2.75) is 25.4 Å². The Morgan fingerprint density at radius 2 is 2.04 bits per heavy atom. The Labute approximate surface area is 132 Å². The minimum Gasteiger partial charge on any atom is -0.336 e. The molecule has 1 aliphatic rings. The van der Waals surface area contributed by atoms with E-state index in [0.717, 1.165) is 12.8 Å². The molecular weight excluding hydrogens is 301 g/mol. The van der Waals surface area contributed by atoms with Crippen molar-refractivity contribution in [2.75, 3.05) is 6.54 Å². The quantitative estimate of drug-likeness (QED) is 0.857. The van der Waals surface area contributed by atoms with Gasteiger partial charge in [0.25, 0.3) is 0 Å². The van der Waals surface area contributed by atoms with Gasteiger partial charge in [-0.05, 0) is 37.1 Å². The van der Waals surface area contributed by atoms with E-state index in [1.165, 1.54) is 21.4 Å². The van der Waals surface area contributed by atoms with Crippen LogP contribution in [0.2, 0.25) is 0 Å². The molecule has 8 heteroatoms. The molecule has 1 saturated carbocycles. The predicted octanol–water partition coefficient (Wildman–Crippen LogP) is 0.849. The molecule has 0 spiro atoms. The van der Waals surface area contributed by atoms with E-state index in [1.807, 2.05) is 0 Å². The third kappa shape index (κ3) is 3.58. The minimum atomic E-state index is -0.343. The summed E-state index contributed by atoms with van der Waals surface area (Å²) in [5.41, 5.74) is 0.373. The van der Waals surface area contributed by atoms with Crippen molar-refractivity contribution in [3.8, 4) is 11.4 Å². The second kappa shape index (κ2) is 6.23. The standard InChI is InChI=1S/C15H18FN5O2/c1-20-13(10-2-4-11(16)5-3-10)19-21(15(20)23)9-8-17-14(22)18-12-6-7-12/h2-5,12H,6-9H2,1H3,(H2,17,18,22). The third-order valence-corrected chi connectivity index (χ3v) is 3.67. The van der Waals surface area contributed by atoms with Crippen molar-refractivity contribution in [3.05, 3.63) is 40.6 Å². The van der Waals surface area contributed by atoms with Crippen LogP contribution in [0, 0.1) is 5.82 Å². The van der Waals surface area contributed by atoms with Gasteiger partial charge in [-0.25, -0.2) is 18.7 Å². The summed E-state index contributed by atoms with van der Waals surface area (Å²) in [6.45, 7) is 0.574. The number of aromatic nitrogens is 3. The molecule has 1 aromatic carbocycles. The van der Waals surface area contributed by atoms with Gasteiger partial charge < -0.3 is 10.6 Å². The van der Waals surface area contributed by atoms with Crippen LogP contribution in [0.5, 0.6) is 0 Å². The maximum Gasteiger partial charge on any atom is 0.345 e. The monoisotopic (exact) mass is 319 g/mol. The number of amides is 2.